The van der Waals surface area contributed by atoms with E-state index >= 15 is 0 Å². The Morgan fingerprint density at radius 2 is 2.15 bits per heavy atom. The number of fused-ring (bicyclic) bond motifs is 1. The molecule has 0 aromatic carbocycles. The van der Waals surface area contributed by atoms with Crippen molar-refractivity contribution in [2.75, 3.05) is 13.2 Å². The Balaban J connectivity index is 0.00000121. The highest BCUT2D eigenvalue weighted by atomic mass is 35.5. The number of ether oxygens (including phenoxy) is 1. The zero-order chi connectivity index (χ0) is 16.2. The van der Waals surface area contributed by atoms with Gasteiger partial charge in [0.15, 0.2) is 5.82 Å². The maximum atomic E-state index is 5.69. The van der Waals surface area contributed by atoms with Gasteiger partial charge in [0.05, 0.1) is 25.0 Å². The van der Waals surface area contributed by atoms with Crippen LogP contribution in [0.3, 0.4) is 0 Å². The van der Waals surface area contributed by atoms with Crippen LogP contribution in [0, 0.1) is 0 Å². The Bertz CT molecular complexity index is 781. The number of aromatic nitrogens is 5. The molecule has 0 aliphatic carbocycles. The number of aryl methyl sites for hydroxylation is 1. The molecule has 1 aliphatic rings. The molecule has 4 heterocycles. The Morgan fingerprint density at radius 1 is 1.23 bits per heavy atom. The summed E-state index contributed by atoms with van der Waals surface area (Å²) in [5.41, 5.74) is 2.15. The smallest absolute Gasteiger partial charge is 0.160 e. The van der Waals surface area contributed by atoms with E-state index in [1.165, 1.54) is 5.69 Å². The third-order valence-electron chi connectivity index (χ3n) is 4.06. The molecule has 9 heteroatoms. The molecule has 0 amide bonds. The summed E-state index contributed by atoms with van der Waals surface area (Å²) in [6, 6.07) is 5.91. The number of hydrogen-bond acceptors (Lipinski definition) is 5. The zero-order valence-electron chi connectivity index (χ0n) is 14.2. The van der Waals surface area contributed by atoms with Gasteiger partial charge in [0, 0.05) is 38.2 Å². The van der Waals surface area contributed by atoms with Crippen molar-refractivity contribution in [3.05, 3.63) is 48.7 Å². The van der Waals surface area contributed by atoms with Gasteiger partial charge in [-0.25, -0.2) is 4.98 Å². The SMILES string of the molecule is Cl.Cl.c1cncc(OCCCn2ccnc2-c2cc3n(n2)CCNC3)c1. The fraction of sp³-hybridized carbons (Fsp3) is 0.353. The highest BCUT2D eigenvalue weighted by Gasteiger charge is 2.15. The third-order valence-corrected chi connectivity index (χ3v) is 4.06. The predicted octanol–water partition coefficient (Wildman–Crippen LogP) is 2.56. The minimum atomic E-state index is 0. The van der Waals surface area contributed by atoms with Gasteiger partial charge < -0.3 is 14.6 Å². The van der Waals surface area contributed by atoms with E-state index in [9.17, 15) is 0 Å². The number of nitrogens with zero attached hydrogens (tertiary/aromatic N) is 5. The van der Waals surface area contributed by atoms with Crippen molar-refractivity contribution in [2.45, 2.75) is 26.1 Å². The molecule has 26 heavy (non-hydrogen) atoms. The molecule has 4 rings (SSSR count). The lowest BCUT2D eigenvalue weighted by Gasteiger charge is -2.13. The molecule has 3 aromatic rings. The molecule has 3 aromatic heterocycles. The first kappa shape index (κ1) is 20.2. The highest BCUT2D eigenvalue weighted by molar-refractivity contribution is 5.85. The standard InChI is InChI=1S/C17H20N6O.2ClH/c1-3-15(13-18-4-1)24-10-2-7-22-8-6-20-17(22)16-11-14-12-19-5-9-23(14)21-16;;/h1,3-4,6,8,11,13,19H,2,5,7,9-10,12H2;2*1H. The van der Waals surface area contributed by atoms with Crippen molar-refractivity contribution in [3.63, 3.8) is 0 Å². The van der Waals surface area contributed by atoms with Crippen molar-refractivity contribution in [3.8, 4) is 17.3 Å². The molecule has 0 bridgehead atoms. The van der Waals surface area contributed by atoms with E-state index in [1.807, 2.05) is 24.5 Å². The fourth-order valence-electron chi connectivity index (χ4n) is 2.88. The van der Waals surface area contributed by atoms with E-state index in [0.717, 1.165) is 49.9 Å². The van der Waals surface area contributed by atoms with Crippen molar-refractivity contribution in [1.82, 2.24) is 29.6 Å². The van der Waals surface area contributed by atoms with Crippen molar-refractivity contribution in [1.29, 1.82) is 0 Å². The minimum absolute atomic E-state index is 0. The van der Waals surface area contributed by atoms with Gasteiger partial charge in [0.2, 0.25) is 0 Å². The first-order chi connectivity index (χ1) is 11.9. The molecular formula is C17H22Cl2N6O. The van der Waals surface area contributed by atoms with Gasteiger partial charge in [0.1, 0.15) is 11.4 Å². The minimum Gasteiger partial charge on any atom is -0.492 e. The second-order valence-corrected chi connectivity index (χ2v) is 5.76. The molecule has 0 spiro atoms. The van der Waals surface area contributed by atoms with Crippen LogP contribution in [-0.4, -0.2) is 37.5 Å². The topological polar surface area (TPSA) is 69.8 Å². The van der Waals surface area contributed by atoms with Crippen LogP contribution < -0.4 is 10.1 Å². The monoisotopic (exact) mass is 396 g/mol. The number of pyridine rings is 1. The number of halogens is 2. The lowest BCUT2D eigenvalue weighted by atomic mass is 10.3. The number of nitrogens with one attached hydrogen (secondary N) is 1. The maximum absolute atomic E-state index is 5.69. The van der Waals surface area contributed by atoms with Gasteiger partial charge in [-0.1, -0.05) is 0 Å². The number of rotatable bonds is 6. The summed E-state index contributed by atoms with van der Waals surface area (Å²) in [5, 5.41) is 8.05. The van der Waals surface area contributed by atoms with Crippen molar-refractivity contribution in [2.24, 2.45) is 0 Å². The van der Waals surface area contributed by atoms with Gasteiger partial charge in [0.25, 0.3) is 0 Å². The fourth-order valence-corrected chi connectivity index (χ4v) is 2.88. The molecule has 1 aliphatic heterocycles. The molecular weight excluding hydrogens is 375 g/mol. The van der Waals surface area contributed by atoms with Crippen LogP contribution >= 0.6 is 24.8 Å². The van der Waals surface area contributed by atoms with E-state index in [-0.39, 0.29) is 24.8 Å². The van der Waals surface area contributed by atoms with E-state index in [4.69, 9.17) is 4.74 Å². The van der Waals surface area contributed by atoms with Crippen LogP contribution in [-0.2, 0) is 19.6 Å². The highest BCUT2D eigenvalue weighted by Crippen LogP contribution is 2.19. The van der Waals surface area contributed by atoms with Crippen molar-refractivity contribution < 1.29 is 4.74 Å². The molecule has 140 valence electrons. The Kier molecular flexibility index (Phi) is 7.44. The normalized spacial score (nSPS) is 12.6. The van der Waals surface area contributed by atoms with Gasteiger partial charge in [-0.3, -0.25) is 9.67 Å². The summed E-state index contributed by atoms with van der Waals surface area (Å²) in [5.74, 6) is 1.72. The Hall–Kier alpha value is -2.09. The molecule has 0 fully saturated rings. The molecule has 0 saturated carbocycles. The second kappa shape index (κ2) is 9.56. The van der Waals surface area contributed by atoms with Crippen LogP contribution in [0.5, 0.6) is 5.75 Å². The Morgan fingerprint density at radius 3 is 2.96 bits per heavy atom. The molecule has 0 unspecified atom stereocenters. The Labute approximate surface area is 164 Å². The van der Waals surface area contributed by atoms with Crippen LogP contribution in [0.2, 0.25) is 0 Å². The molecule has 0 radical (unpaired) electrons. The lowest BCUT2D eigenvalue weighted by Crippen LogP contribution is -2.28. The summed E-state index contributed by atoms with van der Waals surface area (Å²) in [4.78, 5) is 8.53. The van der Waals surface area contributed by atoms with E-state index in [2.05, 4.69) is 35.7 Å². The summed E-state index contributed by atoms with van der Waals surface area (Å²) >= 11 is 0. The summed E-state index contributed by atoms with van der Waals surface area (Å²) in [6.45, 7) is 4.23. The van der Waals surface area contributed by atoms with Gasteiger partial charge >= 0.3 is 0 Å². The molecule has 0 saturated heterocycles. The first-order valence-corrected chi connectivity index (χ1v) is 8.22. The predicted molar refractivity (Wildman–Crippen MR) is 104 cm³/mol. The first-order valence-electron chi connectivity index (χ1n) is 8.22. The average molecular weight is 397 g/mol. The zero-order valence-corrected chi connectivity index (χ0v) is 15.9. The molecule has 7 nitrogen and oxygen atoms in total. The molecule has 0 atom stereocenters. The third kappa shape index (κ3) is 4.55. The van der Waals surface area contributed by atoms with Crippen LogP contribution in [0.4, 0.5) is 0 Å². The molecule has 1 N–H and O–H groups in total. The number of imidazole rings is 1. The largest absolute Gasteiger partial charge is 0.492 e. The van der Waals surface area contributed by atoms with Crippen molar-refractivity contribution >= 4 is 24.8 Å². The van der Waals surface area contributed by atoms with Gasteiger partial charge in [-0.15, -0.1) is 24.8 Å². The second-order valence-electron chi connectivity index (χ2n) is 5.76. The van der Waals surface area contributed by atoms with Crippen LogP contribution in [0.1, 0.15) is 12.1 Å². The van der Waals surface area contributed by atoms with Crippen LogP contribution in [0.25, 0.3) is 11.5 Å². The maximum Gasteiger partial charge on any atom is 0.160 e. The van der Waals surface area contributed by atoms with Crippen LogP contribution in [0.15, 0.2) is 43.0 Å². The lowest BCUT2D eigenvalue weighted by molar-refractivity contribution is 0.301. The van der Waals surface area contributed by atoms with E-state index in [1.54, 1.807) is 12.4 Å². The summed E-state index contributed by atoms with van der Waals surface area (Å²) < 4.78 is 9.89. The van der Waals surface area contributed by atoms with E-state index < -0.39 is 0 Å². The summed E-state index contributed by atoms with van der Waals surface area (Å²) in [7, 11) is 0. The average Bonchev–Trinajstić information content (AvgIpc) is 3.25. The van der Waals surface area contributed by atoms with E-state index in [0.29, 0.717) is 6.61 Å². The number of hydrogen-bond donors (Lipinski definition) is 1. The van der Waals surface area contributed by atoms with Gasteiger partial charge in [-0.2, -0.15) is 5.10 Å². The quantitative estimate of drug-likeness (QED) is 0.648. The summed E-state index contributed by atoms with van der Waals surface area (Å²) in [6.07, 6.45) is 8.19. The van der Waals surface area contributed by atoms with Gasteiger partial charge in [-0.05, 0) is 24.6 Å².